The molecule has 29 heavy (non-hydrogen) atoms. The molecule has 2 aromatic rings. The molecular weight excluding hydrogens is 362 g/mol. The van der Waals surface area contributed by atoms with Crippen molar-refractivity contribution in [2.24, 2.45) is 5.92 Å². The Bertz CT molecular complexity index is 773. The lowest BCUT2D eigenvalue weighted by Gasteiger charge is -2.31. The second-order valence-electron chi connectivity index (χ2n) is 7.39. The highest BCUT2D eigenvalue weighted by molar-refractivity contribution is 5.82. The molecular formula is C25H31NO3. The van der Waals surface area contributed by atoms with Crippen molar-refractivity contribution in [1.82, 2.24) is 4.90 Å². The summed E-state index contributed by atoms with van der Waals surface area (Å²) in [5.74, 6) is -0.0585. The molecule has 1 aliphatic heterocycles. The Labute approximate surface area is 174 Å². The van der Waals surface area contributed by atoms with Crippen LogP contribution in [0.2, 0.25) is 0 Å². The number of carbonyl (C=O) groups excluding carboxylic acids is 1. The van der Waals surface area contributed by atoms with Crippen LogP contribution in [0.3, 0.4) is 0 Å². The molecule has 0 radical (unpaired) electrons. The minimum atomic E-state index is -0.0599. The van der Waals surface area contributed by atoms with Crippen molar-refractivity contribution in [3.8, 4) is 0 Å². The van der Waals surface area contributed by atoms with Crippen LogP contribution in [0.1, 0.15) is 30.9 Å². The lowest BCUT2D eigenvalue weighted by Crippen LogP contribution is -2.40. The fraction of sp³-hybridized carbons (Fsp3) is 0.400. The van der Waals surface area contributed by atoms with Crippen molar-refractivity contribution in [2.45, 2.75) is 19.8 Å². The third kappa shape index (κ3) is 6.84. The summed E-state index contributed by atoms with van der Waals surface area (Å²) in [5, 5.41) is 0. The van der Waals surface area contributed by atoms with E-state index in [9.17, 15) is 4.79 Å². The van der Waals surface area contributed by atoms with Gasteiger partial charge in [-0.2, -0.15) is 0 Å². The maximum atomic E-state index is 12.0. The zero-order valence-electron chi connectivity index (χ0n) is 17.3. The van der Waals surface area contributed by atoms with Gasteiger partial charge in [0.2, 0.25) is 0 Å². The zero-order valence-corrected chi connectivity index (χ0v) is 17.3. The smallest absolute Gasteiger partial charge is 0.310 e. The monoisotopic (exact) mass is 393 g/mol. The lowest BCUT2D eigenvalue weighted by atomic mass is 9.98. The normalized spacial score (nSPS) is 17.8. The number of nitrogens with zero attached hydrogens (tertiary/aromatic N) is 1. The van der Waals surface area contributed by atoms with Crippen LogP contribution in [-0.2, 0) is 14.3 Å². The predicted molar refractivity (Wildman–Crippen MR) is 117 cm³/mol. The summed E-state index contributed by atoms with van der Waals surface area (Å²) in [4.78, 5) is 14.3. The third-order valence-electron chi connectivity index (χ3n) is 5.22. The van der Waals surface area contributed by atoms with Gasteiger partial charge in [0.15, 0.2) is 0 Å². The molecule has 1 saturated heterocycles. The van der Waals surface area contributed by atoms with E-state index in [2.05, 4.69) is 47.4 Å². The molecule has 4 heteroatoms. The van der Waals surface area contributed by atoms with Crippen molar-refractivity contribution in [3.05, 3.63) is 71.8 Å². The number of carbonyl (C=O) groups is 1. The molecule has 0 aromatic heterocycles. The van der Waals surface area contributed by atoms with Gasteiger partial charge in [0.25, 0.3) is 0 Å². The molecule has 0 amide bonds. The number of benzene rings is 2. The average Bonchev–Trinajstić information content (AvgIpc) is 2.77. The van der Waals surface area contributed by atoms with Crippen LogP contribution in [0, 0.1) is 5.92 Å². The Morgan fingerprint density at radius 2 is 1.83 bits per heavy atom. The summed E-state index contributed by atoms with van der Waals surface area (Å²) in [6, 6.07) is 20.7. The molecule has 0 N–H and O–H groups in total. The van der Waals surface area contributed by atoms with E-state index in [4.69, 9.17) is 9.47 Å². The first-order chi connectivity index (χ1) is 14.3. The third-order valence-corrected chi connectivity index (χ3v) is 5.22. The van der Waals surface area contributed by atoms with Crippen LogP contribution in [0.4, 0.5) is 0 Å². The van der Waals surface area contributed by atoms with Gasteiger partial charge in [0, 0.05) is 13.1 Å². The lowest BCUT2D eigenvalue weighted by molar-refractivity contribution is -0.150. The number of esters is 1. The minimum Gasteiger partial charge on any atom is -0.466 e. The number of piperidine rings is 1. The molecule has 0 saturated carbocycles. The van der Waals surface area contributed by atoms with Gasteiger partial charge < -0.3 is 14.4 Å². The van der Waals surface area contributed by atoms with E-state index in [0.717, 1.165) is 32.5 Å². The Hall–Kier alpha value is -2.43. The van der Waals surface area contributed by atoms with Crippen molar-refractivity contribution in [2.75, 3.05) is 39.5 Å². The first kappa shape index (κ1) is 21.3. The van der Waals surface area contributed by atoms with Crippen LogP contribution in [0.5, 0.6) is 0 Å². The minimum absolute atomic E-state index is 0.00144. The highest BCUT2D eigenvalue weighted by Crippen LogP contribution is 2.20. The van der Waals surface area contributed by atoms with Crippen LogP contribution in [0.15, 0.2) is 60.7 Å². The van der Waals surface area contributed by atoms with Crippen molar-refractivity contribution in [1.29, 1.82) is 0 Å². The van der Waals surface area contributed by atoms with E-state index in [-0.39, 0.29) is 11.9 Å². The molecule has 0 spiro atoms. The summed E-state index contributed by atoms with van der Waals surface area (Å²) in [6.45, 7) is 6.15. The Morgan fingerprint density at radius 1 is 1.10 bits per heavy atom. The largest absolute Gasteiger partial charge is 0.466 e. The fourth-order valence-electron chi connectivity index (χ4n) is 3.70. The van der Waals surface area contributed by atoms with E-state index in [0.29, 0.717) is 19.8 Å². The summed E-state index contributed by atoms with van der Waals surface area (Å²) < 4.78 is 11.2. The number of hydrogen-bond donors (Lipinski definition) is 0. The molecule has 0 unspecified atom stereocenters. The summed E-state index contributed by atoms with van der Waals surface area (Å²) in [7, 11) is 0. The van der Waals surface area contributed by atoms with E-state index in [1.54, 1.807) is 0 Å². The SMILES string of the molecule is CCOC(=O)[C@@H]1CCCN(CCOCC(=Cc2ccccc2)c2ccccc2)C1. The van der Waals surface area contributed by atoms with E-state index < -0.39 is 0 Å². The topological polar surface area (TPSA) is 38.8 Å². The Morgan fingerprint density at radius 3 is 2.55 bits per heavy atom. The van der Waals surface area contributed by atoms with E-state index in [1.807, 2.05) is 31.2 Å². The summed E-state index contributed by atoms with van der Waals surface area (Å²) in [6.07, 6.45) is 4.15. The van der Waals surface area contributed by atoms with Gasteiger partial charge in [-0.15, -0.1) is 0 Å². The van der Waals surface area contributed by atoms with Crippen LogP contribution >= 0.6 is 0 Å². The van der Waals surface area contributed by atoms with Gasteiger partial charge in [-0.25, -0.2) is 0 Å². The molecule has 1 heterocycles. The summed E-state index contributed by atoms with van der Waals surface area (Å²) in [5.41, 5.74) is 3.51. The molecule has 1 aliphatic rings. The van der Waals surface area contributed by atoms with Crippen molar-refractivity contribution >= 4 is 17.6 Å². The van der Waals surface area contributed by atoms with Crippen LogP contribution < -0.4 is 0 Å². The first-order valence-electron chi connectivity index (χ1n) is 10.5. The number of rotatable bonds is 9. The fourth-order valence-corrected chi connectivity index (χ4v) is 3.70. The Kier molecular flexibility index (Phi) is 8.47. The van der Waals surface area contributed by atoms with Gasteiger partial charge in [-0.3, -0.25) is 4.79 Å². The second-order valence-corrected chi connectivity index (χ2v) is 7.39. The van der Waals surface area contributed by atoms with Crippen LogP contribution in [-0.4, -0.2) is 50.3 Å². The molecule has 2 aromatic carbocycles. The highest BCUT2D eigenvalue weighted by atomic mass is 16.5. The molecule has 1 atom stereocenters. The highest BCUT2D eigenvalue weighted by Gasteiger charge is 2.26. The van der Waals surface area contributed by atoms with Gasteiger partial charge in [0.1, 0.15) is 0 Å². The van der Waals surface area contributed by atoms with Gasteiger partial charge >= 0.3 is 5.97 Å². The number of ether oxygens (including phenoxy) is 2. The summed E-state index contributed by atoms with van der Waals surface area (Å²) >= 11 is 0. The van der Waals surface area contributed by atoms with E-state index >= 15 is 0 Å². The zero-order chi connectivity index (χ0) is 20.3. The quantitative estimate of drug-likeness (QED) is 0.357. The van der Waals surface area contributed by atoms with Crippen molar-refractivity contribution in [3.63, 3.8) is 0 Å². The van der Waals surface area contributed by atoms with Gasteiger partial charge in [-0.05, 0) is 49.1 Å². The average molecular weight is 394 g/mol. The second kappa shape index (κ2) is 11.5. The molecule has 0 bridgehead atoms. The van der Waals surface area contributed by atoms with Crippen molar-refractivity contribution < 1.29 is 14.3 Å². The molecule has 154 valence electrons. The number of hydrogen-bond acceptors (Lipinski definition) is 4. The molecule has 1 fully saturated rings. The maximum absolute atomic E-state index is 12.0. The first-order valence-corrected chi connectivity index (χ1v) is 10.5. The molecule has 0 aliphatic carbocycles. The molecule has 4 nitrogen and oxygen atoms in total. The standard InChI is InChI=1S/C25H31NO3/c1-2-29-25(27)23-14-9-15-26(19-23)16-17-28-20-24(22-12-7-4-8-13-22)18-21-10-5-3-6-11-21/h3-8,10-13,18,23H,2,9,14-17,19-20H2,1H3/t23-/m1/s1. The van der Waals surface area contributed by atoms with Crippen LogP contribution in [0.25, 0.3) is 11.6 Å². The number of likely N-dealkylation sites (tertiary alicyclic amines) is 1. The van der Waals surface area contributed by atoms with E-state index in [1.165, 1.54) is 16.7 Å². The predicted octanol–water partition coefficient (Wildman–Crippen LogP) is 4.52. The Balaban J connectivity index is 1.53. The van der Waals surface area contributed by atoms with Gasteiger partial charge in [0.05, 0.1) is 25.7 Å². The van der Waals surface area contributed by atoms with Gasteiger partial charge in [-0.1, -0.05) is 60.7 Å². The molecule has 3 rings (SSSR count). The maximum Gasteiger partial charge on any atom is 0.310 e.